The van der Waals surface area contributed by atoms with E-state index in [1.165, 1.54) is 0 Å². The number of nitrogens with one attached hydrogen (secondary N) is 1. The molecule has 0 spiro atoms. The number of rotatable bonds is 5. The molecule has 0 saturated carbocycles. The van der Waals surface area contributed by atoms with Crippen LogP contribution in [0.3, 0.4) is 0 Å². The smallest absolute Gasteiger partial charge is 0.282 e. The van der Waals surface area contributed by atoms with Crippen LogP contribution in [-0.2, 0) is 10.2 Å². The van der Waals surface area contributed by atoms with E-state index in [4.69, 9.17) is 0 Å². The van der Waals surface area contributed by atoms with Crippen molar-refractivity contribution in [1.82, 2.24) is 18.8 Å². The van der Waals surface area contributed by atoms with Crippen molar-refractivity contribution in [2.75, 3.05) is 47.3 Å². The van der Waals surface area contributed by atoms with E-state index < -0.39 is 10.2 Å². The van der Waals surface area contributed by atoms with Crippen LogP contribution in [-0.4, -0.2) is 81.3 Å². The Hall–Kier alpha value is -0.210. The van der Waals surface area contributed by atoms with Crippen molar-refractivity contribution >= 4 is 10.2 Å². The topological polar surface area (TPSA) is 55.9 Å². The van der Waals surface area contributed by atoms with Gasteiger partial charge in [0.1, 0.15) is 0 Å². The van der Waals surface area contributed by atoms with Gasteiger partial charge in [-0.1, -0.05) is 6.42 Å². The van der Waals surface area contributed by atoms with Crippen LogP contribution in [0.1, 0.15) is 32.1 Å². The number of likely N-dealkylation sites (N-methyl/N-ethyl adjacent to an activating group) is 1. The highest BCUT2D eigenvalue weighted by Crippen LogP contribution is 2.25. The minimum Gasteiger partial charge on any atom is -0.318 e. The predicted molar refractivity (Wildman–Crippen MR) is 85.5 cm³/mol. The second-order valence-electron chi connectivity index (χ2n) is 6.38. The summed E-state index contributed by atoms with van der Waals surface area (Å²) in [7, 11) is 2.40. The van der Waals surface area contributed by atoms with Crippen LogP contribution in [0.25, 0.3) is 0 Å². The van der Waals surface area contributed by atoms with Gasteiger partial charge < -0.3 is 10.2 Å². The quantitative estimate of drug-likeness (QED) is 0.794. The van der Waals surface area contributed by atoms with E-state index in [2.05, 4.69) is 17.3 Å². The molecular formula is C14H30N4O2S. The van der Waals surface area contributed by atoms with Gasteiger partial charge in [0.2, 0.25) is 0 Å². The van der Waals surface area contributed by atoms with Gasteiger partial charge in [0.15, 0.2) is 0 Å². The molecule has 0 amide bonds. The number of nitrogens with zero attached hydrogens (tertiary/aromatic N) is 3. The average molecular weight is 318 g/mol. The highest BCUT2D eigenvalue weighted by Gasteiger charge is 2.37. The van der Waals surface area contributed by atoms with Crippen LogP contribution in [0, 0.1) is 0 Å². The molecular weight excluding hydrogens is 288 g/mol. The molecule has 2 rings (SSSR count). The third-order valence-corrected chi connectivity index (χ3v) is 6.97. The number of hydrogen-bond donors (Lipinski definition) is 1. The Morgan fingerprint density at radius 3 is 2.43 bits per heavy atom. The van der Waals surface area contributed by atoms with Gasteiger partial charge in [-0.3, -0.25) is 0 Å². The Morgan fingerprint density at radius 1 is 1.14 bits per heavy atom. The summed E-state index contributed by atoms with van der Waals surface area (Å²) in [5, 5.41) is 3.13. The highest BCUT2D eigenvalue weighted by molar-refractivity contribution is 7.86. The first kappa shape index (κ1) is 17.1. The van der Waals surface area contributed by atoms with Gasteiger partial charge in [-0.15, -0.1) is 0 Å². The van der Waals surface area contributed by atoms with Crippen molar-refractivity contribution in [3.8, 4) is 0 Å². The molecule has 2 aliphatic heterocycles. The van der Waals surface area contributed by atoms with Crippen molar-refractivity contribution in [3.63, 3.8) is 0 Å². The molecule has 0 radical (unpaired) electrons. The van der Waals surface area contributed by atoms with Crippen molar-refractivity contribution in [2.24, 2.45) is 0 Å². The molecule has 124 valence electrons. The summed E-state index contributed by atoms with van der Waals surface area (Å²) in [5.41, 5.74) is 0. The zero-order chi connectivity index (χ0) is 15.5. The monoisotopic (exact) mass is 318 g/mol. The van der Waals surface area contributed by atoms with E-state index in [0.717, 1.165) is 51.7 Å². The molecule has 2 aliphatic rings. The lowest BCUT2D eigenvalue weighted by Crippen LogP contribution is -2.55. The SMILES string of the molecule is CNCC1CCCCN1S(=O)(=O)N(C)C1CCN(C)CC1. The van der Waals surface area contributed by atoms with Gasteiger partial charge in [0, 0.05) is 32.2 Å². The summed E-state index contributed by atoms with van der Waals surface area (Å²) in [6.07, 6.45) is 4.91. The van der Waals surface area contributed by atoms with Gasteiger partial charge in [-0.25, -0.2) is 0 Å². The summed E-state index contributed by atoms with van der Waals surface area (Å²) < 4.78 is 29.3. The van der Waals surface area contributed by atoms with Gasteiger partial charge >= 0.3 is 0 Å². The second-order valence-corrected chi connectivity index (χ2v) is 8.32. The minimum atomic E-state index is -3.34. The fourth-order valence-electron chi connectivity index (χ4n) is 3.43. The highest BCUT2D eigenvalue weighted by atomic mass is 32.2. The van der Waals surface area contributed by atoms with Crippen LogP contribution in [0.4, 0.5) is 0 Å². The van der Waals surface area contributed by atoms with Crippen molar-refractivity contribution < 1.29 is 8.42 Å². The Balaban J connectivity index is 2.07. The summed E-state index contributed by atoms with van der Waals surface area (Å²) in [4.78, 5) is 2.27. The normalized spacial score (nSPS) is 27.3. The van der Waals surface area contributed by atoms with E-state index in [1.807, 2.05) is 7.05 Å². The average Bonchev–Trinajstić information content (AvgIpc) is 2.48. The molecule has 1 atom stereocenters. The molecule has 6 nitrogen and oxygen atoms in total. The van der Waals surface area contributed by atoms with Crippen LogP contribution in [0.15, 0.2) is 0 Å². The van der Waals surface area contributed by atoms with Crippen LogP contribution in [0.2, 0.25) is 0 Å². The minimum absolute atomic E-state index is 0.0995. The van der Waals surface area contributed by atoms with Gasteiger partial charge in [0.25, 0.3) is 10.2 Å². The Bertz CT molecular complexity index is 419. The summed E-state index contributed by atoms with van der Waals surface area (Å²) in [6.45, 7) is 3.35. The molecule has 7 heteroatoms. The number of hydrogen-bond acceptors (Lipinski definition) is 4. The largest absolute Gasteiger partial charge is 0.318 e. The molecule has 0 bridgehead atoms. The zero-order valence-corrected chi connectivity index (χ0v) is 14.4. The maximum absolute atomic E-state index is 13.0. The lowest BCUT2D eigenvalue weighted by Gasteiger charge is -2.41. The standard InChI is InChI=1S/C14H30N4O2S/c1-15-12-14-6-4-5-9-18(14)21(19,20)17(3)13-7-10-16(2)11-8-13/h13-15H,4-12H2,1-3H3. The summed E-state index contributed by atoms with van der Waals surface area (Å²) in [5.74, 6) is 0. The number of piperidine rings is 2. The molecule has 2 heterocycles. The molecule has 0 aromatic heterocycles. The Morgan fingerprint density at radius 2 is 1.81 bits per heavy atom. The van der Waals surface area contributed by atoms with E-state index in [1.54, 1.807) is 15.7 Å². The summed E-state index contributed by atoms with van der Waals surface area (Å²) >= 11 is 0. The molecule has 1 N–H and O–H groups in total. The second kappa shape index (κ2) is 7.37. The van der Waals surface area contributed by atoms with Crippen molar-refractivity contribution in [2.45, 2.75) is 44.2 Å². The third kappa shape index (κ3) is 3.96. The molecule has 2 fully saturated rings. The molecule has 0 aromatic rings. The molecule has 0 aliphatic carbocycles. The van der Waals surface area contributed by atoms with Gasteiger partial charge in [-0.2, -0.15) is 17.0 Å². The summed E-state index contributed by atoms with van der Waals surface area (Å²) in [6, 6.07) is 0.242. The van der Waals surface area contributed by atoms with Crippen molar-refractivity contribution in [1.29, 1.82) is 0 Å². The zero-order valence-electron chi connectivity index (χ0n) is 13.6. The Labute approximate surface area is 129 Å². The van der Waals surface area contributed by atoms with Gasteiger partial charge in [0.05, 0.1) is 0 Å². The third-order valence-electron chi connectivity index (χ3n) is 4.88. The first-order chi connectivity index (χ1) is 9.96. The fraction of sp³-hybridized carbons (Fsp3) is 1.00. The number of likely N-dealkylation sites (tertiary alicyclic amines) is 1. The first-order valence-corrected chi connectivity index (χ1v) is 9.44. The van der Waals surface area contributed by atoms with E-state index in [-0.39, 0.29) is 12.1 Å². The van der Waals surface area contributed by atoms with Crippen LogP contribution in [0.5, 0.6) is 0 Å². The van der Waals surface area contributed by atoms with E-state index in [9.17, 15) is 8.42 Å². The van der Waals surface area contributed by atoms with E-state index >= 15 is 0 Å². The van der Waals surface area contributed by atoms with Crippen LogP contribution < -0.4 is 5.32 Å². The molecule has 0 aromatic carbocycles. The van der Waals surface area contributed by atoms with E-state index in [0.29, 0.717) is 6.54 Å². The van der Waals surface area contributed by atoms with Gasteiger partial charge in [-0.05, 0) is 52.9 Å². The van der Waals surface area contributed by atoms with Crippen LogP contribution >= 0.6 is 0 Å². The molecule has 1 unspecified atom stereocenters. The fourth-order valence-corrected chi connectivity index (χ4v) is 5.26. The predicted octanol–water partition coefficient (Wildman–Crippen LogP) is 0.331. The first-order valence-electron chi connectivity index (χ1n) is 8.04. The maximum Gasteiger partial charge on any atom is 0.282 e. The Kier molecular flexibility index (Phi) is 6.02. The maximum atomic E-state index is 13.0. The lowest BCUT2D eigenvalue weighted by atomic mass is 10.1. The molecule has 21 heavy (non-hydrogen) atoms. The lowest BCUT2D eigenvalue weighted by molar-refractivity contribution is 0.178. The van der Waals surface area contributed by atoms with Crippen molar-refractivity contribution in [3.05, 3.63) is 0 Å². The molecule has 2 saturated heterocycles.